The van der Waals surface area contributed by atoms with Crippen LogP contribution in [0, 0.1) is 12.7 Å². The van der Waals surface area contributed by atoms with E-state index in [2.05, 4.69) is 10.3 Å². The van der Waals surface area contributed by atoms with E-state index in [1.807, 2.05) is 0 Å². The van der Waals surface area contributed by atoms with Crippen LogP contribution in [0.5, 0.6) is 0 Å². The summed E-state index contributed by atoms with van der Waals surface area (Å²) in [5.41, 5.74) is 7.63. The van der Waals surface area contributed by atoms with Crippen molar-refractivity contribution in [2.45, 2.75) is 18.4 Å². The molecule has 2 rings (SSSR count). The van der Waals surface area contributed by atoms with Gasteiger partial charge in [-0.3, -0.25) is 9.78 Å². The number of hydrogen-bond donors (Lipinski definition) is 2. The molecule has 1 heterocycles. The number of nitrogens with zero attached hydrogens (tertiary/aromatic N) is 1. The van der Waals surface area contributed by atoms with Crippen molar-refractivity contribution >= 4 is 23.4 Å². The summed E-state index contributed by atoms with van der Waals surface area (Å²) in [5, 5.41) is 2.75. The van der Waals surface area contributed by atoms with Gasteiger partial charge in [0.05, 0.1) is 17.6 Å². The Morgan fingerprint density at radius 1 is 1.43 bits per heavy atom. The van der Waals surface area contributed by atoms with Gasteiger partial charge in [0.1, 0.15) is 5.82 Å². The van der Waals surface area contributed by atoms with Gasteiger partial charge in [0.25, 0.3) is 0 Å². The van der Waals surface area contributed by atoms with Crippen molar-refractivity contribution in [1.82, 2.24) is 10.3 Å². The molecule has 0 aliphatic carbocycles. The molecule has 0 saturated heterocycles. The first kappa shape index (κ1) is 15.3. The quantitative estimate of drug-likeness (QED) is 0.833. The molecule has 0 radical (unpaired) electrons. The summed E-state index contributed by atoms with van der Waals surface area (Å²) in [6.45, 7) is 2.01. The van der Waals surface area contributed by atoms with E-state index < -0.39 is 0 Å². The Kier molecular flexibility index (Phi) is 5.16. The van der Waals surface area contributed by atoms with Crippen molar-refractivity contribution in [3.8, 4) is 0 Å². The van der Waals surface area contributed by atoms with Crippen molar-refractivity contribution in [3.05, 3.63) is 53.6 Å². The van der Waals surface area contributed by atoms with E-state index in [4.69, 9.17) is 5.73 Å². The number of nitrogens with one attached hydrogen (secondary N) is 1. The standard InChI is InChI=1S/C15H16FN3OS/c1-10-2-3-11(6-12(10)16)7-19-15(20)9-21-14-4-5-18-8-13(14)17/h2-6,8H,7,9,17H2,1H3,(H,19,20). The van der Waals surface area contributed by atoms with Gasteiger partial charge in [-0.2, -0.15) is 0 Å². The number of anilines is 1. The van der Waals surface area contributed by atoms with Crippen LogP contribution < -0.4 is 11.1 Å². The van der Waals surface area contributed by atoms with Gasteiger partial charge in [-0.05, 0) is 30.2 Å². The smallest absolute Gasteiger partial charge is 0.230 e. The molecule has 21 heavy (non-hydrogen) atoms. The SMILES string of the molecule is Cc1ccc(CNC(=O)CSc2ccncc2N)cc1F. The molecule has 3 N–H and O–H groups in total. The van der Waals surface area contributed by atoms with Gasteiger partial charge in [0, 0.05) is 17.6 Å². The van der Waals surface area contributed by atoms with Crippen LogP contribution in [0.2, 0.25) is 0 Å². The molecule has 1 aromatic heterocycles. The normalized spacial score (nSPS) is 10.4. The zero-order valence-corrected chi connectivity index (χ0v) is 12.4. The maximum atomic E-state index is 13.4. The maximum Gasteiger partial charge on any atom is 0.230 e. The van der Waals surface area contributed by atoms with Crippen LogP contribution in [0.15, 0.2) is 41.6 Å². The summed E-state index contributed by atoms with van der Waals surface area (Å²) in [6, 6.07) is 6.70. The highest BCUT2D eigenvalue weighted by Crippen LogP contribution is 2.22. The topological polar surface area (TPSA) is 68.0 Å². The average Bonchev–Trinajstić information content (AvgIpc) is 2.47. The molecule has 1 aromatic carbocycles. The zero-order valence-electron chi connectivity index (χ0n) is 11.6. The minimum Gasteiger partial charge on any atom is -0.397 e. The first-order valence-electron chi connectivity index (χ1n) is 6.40. The van der Waals surface area contributed by atoms with Gasteiger partial charge in [0.2, 0.25) is 5.91 Å². The summed E-state index contributed by atoms with van der Waals surface area (Å²) in [6.07, 6.45) is 3.18. The number of carbonyl (C=O) groups excluding carboxylic acids is 1. The van der Waals surface area contributed by atoms with Crippen LogP contribution in [0.4, 0.5) is 10.1 Å². The Balaban J connectivity index is 1.82. The monoisotopic (exact) mass is 305 g/mol. The first-order chi connectivity index (χ1) is 10.1. The van der Waals surface area contributed by atoms with Crippen molar-refractivity contribution in [1.29, 1.82) is 0 Å². The van der Waals surface area contributed by atoms with Gasteiger partial charge in [-0.15, -0.1) is 11.8 Å². The van der Waals surface area contributed by atoms with Gasteiger partial charge >= 0.3 is 0 Å². The third-order valence-corrected chi connectivity index (χ3v) is 3.98. The van der Waals surface area contributed by atoms with E-state index in [1.165, 1.54) is 17.8 Å². The lowest BCUT2D eigenvalue weighted by molar-refractivity contribution is -0.118. The van der Waals surface area contributed by atoms with Crippen LogP contribution in [0.25, 0.3) is 0 Å². The number of amides is 1. The number of hydrogen-bond acceptors (Lipinski definition) is 4. The maximum absolute atomic E-state index is 13.4. The number of rotatable bonds is 5. The number of aryl methyl sites for hydroxylation is 1. The minimum absolute atomic E-state index is 0.128. The van der Waals surface area contributed by atoms with E-state index in [9.17, 15) is 9.18 Å². The Morgan fingerprint density at radius 2 is 2.24 bits per heavy atom. The Labute approximate surface area is 127 Å². The molecule has 0 unspecified atom stereocenters. The number of carbonyl (C=O) groups is 1. The summed E-state index contributed by atoms with van der Waals surface area (Å²) in [5.74, 6) is -0.138. The van der Waals surface area contributed by atoms with Crippen molar-refractivity contribution in [2.75, 3.05) is 11.5 Å². The van der Waals surface area contributed by atoms with Gasteiger partial charge in [-0.25, -0.2) is 4.39 Å². The molecule has 0 bridgehead atoms. The second-order valence-corrected chi connectivity index (χ2v) is 5.58. The molecule has 0 spiro atoms. The molecular weight excluding hydrogens is 289 g/mol. The number of thioether (sulfide) groups is 1. The van der Waals surface area contributed by atoms with Gasteiger partial charge in [0.15, 0.2) is 0 Å². The molecule has 1 amide bonds. The summed E-state index contributed by atoms with van der Waals surface area (Å²) >= 11 is 1.34. The fourth-order valence-corrected chi connectivity index (χ4v) is 2.43. The van der Waals surface area contributed by atoms with Gasteiger partial charge < -0.3 is 11.1 Å². The molecule has 0 fully saturated rings. The highest BCUT2D eigenvalue weighted by atomic mass is 32.2. The van der Waals surface area contributed by atoms with Crippen LogP contribution in [-0.4, -0.2) is 16.6 Å². The number of nitrogen functional groups attached to an aromatic ring is 1. The van der Waals surface area contributed by atoms with Crippen LogP contribution >= 0.6 is 11.8 Å². The predicted molar refractivity (Wildman–Crippen MR) is 82.4 cm³/mol. The predicted octanol–water partition coefficient (Wildman–Crippen LogP) is 2.52. The Morgan fingerprint density at radius 3 is 2.95 bits per heavy atom. The van der Waals surface area contributed by atoms with Crippen LogP contribution in [0.3, 0.4) is 0 Å². The van der Waals surface area contributed by atoms with Crippen molar-refractivity contribution in [3.63, 3.8) is 0 Å². The molecule has 0 aliphatic heterocycles. The largest absolute Gasteiger partial charge is 0.397 e. The fourth-order valence-electron chi connectivity index (χ4n) is 1.67. The fraction of sp³-hybridized carbons (Fsp3) is 0.200. The third-order valence-electron chi connectivity index (χ3n) is 2.89. The van der Waals surface area contributed by atoms with E-state index in [1.54, 1.807) is 37.5 Å². The number of halogens is 1. The molecule has 6 heteroatoms. The Bertz CT molecular complexity index is 649. The summed E-state index contributed by atoms with van der Waals surface area (Å²) in [4.78, 5) is 16.5. The van der Waals surface area contributed by atoms with Crippen LogP contribution in [-0.2, 0) is 11.3 Å². The number of pyridine rings is 1. The highest BCUT2D eigenvalue weighted by Gasteiger charge is 2.06. The summed E-state index contributed by atoms with van der Waals surface area (Å²) in [7, 11) is 0. The van der Waals surface area contributed by atoms with E-state index in [0.29, 0.717) is 17.8 Å². The highest BCUT2D eigenvalue weighted by molar-refractivity contribution is 8.00. The second-order valence-electron chi connectivity index (χ2n) is 4.56. The summed E-state index contributed by atoms with van der Waals surface area (Å²) < 4.78 is 13.4. The zero-order chi connectivity index (χ0) is 15.2. The minimum atomic E-state index is -0.263. The van der Waals surface area contributed by atoms with Crippen molar-refractivity contribution in [2.24, 2.45) is 0 Å². The number of nitrogens with two attached hydrogens (primary N) is 1. The molecular formula is C15H16FN3OS. The lowest BCUT2D eigenvalue weighted by Crippen LogP contribution is -2.24. The second kappa shape index (κ2) is 7.08. The first-order valence-corrected chi connectivity index (χ1v) is 7.39. The van der Waals surface area contributed by atoms with Crippen molar-refractivity contribution < 1.29 is 9.18 Å². The molecule has 0 aliphatic rings. The van der Waals surface area contributed by atoms with E-state index in [0.717, 1.165) is 10.5 Å². The number of aromatic nitrogens is 1. The number of benzene rings is 1. The van der Waals surface area contributed by atoms with Crippen LogP contribution in [0.1, 0.15) is 11.1 Å². The average molecular weight is 305 g/mol. The molecule has 110 valence electrons. The molecule has 4 nitrogen and oxygen atoms in total. The third kappa shape index (κ3) is 4.46. The molecule has 0 atom stereocenters. The van der Waals surface area contributed by atoms with E-state index in [-0.39, 0.29) is 17.5 Å². The molecule has 0 saturated carbocycles. The molecule has 2 aromatic rings. The lowest BCUT2D eigenvalue weighted by atomic mass is 10.1. The Hall–Kier alpha value is -2.08. The van der Waals surface area contributed by atoms with E-state index >= 15 is 0 Å². The van der Waals surface area contributed by atoms with Gasteiger partial charge in [-0.1, -0.05) is 12.1 Å². The lowest BCUT2D eigenvalue weighted by Gasteiger charge is -2.07.